The van der Waals surface area contributed by atoms with Crippen molar-refractivity contribution in [3.63, 3.8) is 0 Å². The monoisotopic (exact) mass is 461 g/mol. The minimum Gasteiger partial charge on any atom is -0.344 e. The summed E-state index contributed by atoms with van der Waals surface area (Å²) in [5, 5.41) is 3.78. The molecule has 0 radical (unpaired) electrons. The SMILES string of the molecule is C[C@H](NC(=O)c1cc2cc(S(=O)(=O)N(C)C)ccc2n1Cc1ccccc1)c1ccccc1. The van der Waals surface area contributed by atoms with Gasteiger partial charge < -0.3 is 9.88 Å². The van der Waals surface area contributed by atoms with Crippen LogP contribution < -0.4 is 5.32 Å². The number of amides is 1. The fourth-order valence-electron chi connectivity index (χ4n) is 3.84. The third-order valence-corrected chi connectivity index (χ3v) is 7.53. The molecule has 4 rings (SSSR count). The average molecular weight is 462 g/mol. The second-order valence-corrected chi connectivity index (χ2v) is 10.4. The Morgan fingerprint density at radius 2 is 1.58 bits per heavy atom. The zero-order chi connectivity index (χ0) is 23.6. The molecule has 0 bridgehead atoms. The molecule has 0 aliphatic carbocycles. The van der Waals surface area contributed by atoms with E-state index in [1.54, 1.807) is 24.3 Å². The van der Waals surface area contributed by atoms with Crippen LogP contribution in [0.1, 0.15) is 34.6 Å². The molecule has 1 heterocycles. The van der Waals surface area contributed by atoms with Crippen LogP contribution in [0.4, 0.5) is 0 Å². The molecule has 33 heavy (non-hydrogen) atoms. The molecule has 6 nitrogen and oxygen atoms in total. The lowest BCUT2D eigenvalue weighted by Crippen LogP contribution is -2.28. The van der Waals surface area contributed by atoms with Crippen molar-refractivity contribution in [3.8, 4) is 0 Å². The lowest BCUT2D eigenvalue weighted by Gasteiger charge is -2.16. The van der Waals surface area contributed by atoms with Crippen molar-refractivity contribution in [1.29, 1.82) is 0 Å². The van der Waals surface area contributed by atoms with Gasteiger partial charge in [-0.1, -0.05) is 60.7 Å². The number of aromatic nitrogens is 1. The summed E-state index contributed by atoms with van der Waals surface area (Å²) in [6, 6.07) is 26.2. The first-order chi connectivity index (χ1) is 15.8. The third kappa shape index (κ3) is 4.69. The Morgan fingerprint density at radius 1 is 0.939 bits per heavy atom. The van der Waals surface area contributed by atoms with E-state index in [4.69, 9.17) is 0 Å². The van der Waals surface area contributed by atoms with Crippen molar-refractivity contribution in [2.24, 2.45) is 0 Å². The first-order valence-electron chi connectivity index (χ1n) is 10.7. The lowest BCUT2D eigenvalue weighted by molar-refractivity contribution is 0.0931. The van der Waals surface area contributed by atoms with E-state index < -0.39 is 10.0 Å². The van der Waals surface area contributed by atoms with Gasteiger partial charge in [0.05, 0.1) is 10.9 Å². The minimum atomic E-state index is -3.58. The van der Waals surface area contributed by atoms with Crippen molar-refractivity contribution >= 4 is 26.8 Å². The first kappa shape index (κ1) is 22.8. The van der Waals surface area contributed by atoms with Crippen LogP contribution in [-0.2, 0) is 16.6 Å². The normalized spacial score (nSPS) is 12.7. The van der Waals surface area contributed by atoms with Crippen molar-refractivity contribution in [2.45, 2.75) is 24.4 Å². The zero-order valence-electron chi connectivity index (χ0n) is 18.9. The van der Waals surface area contributed by atoms with Gasteiger partial charge in [-0.15, -0.1) is 0 Å². The predicted octanol–water partition coefficient (Wildman–Crippen LogP) is 4.43. The quantitative estimate of drug-likeness (QED) is 0.443. The summed E-state index contributed by atoms with van der Waals surface area (Å²) < 4.78 is 28.4. The number of sulfonamides is 1. The summed E-state index contributed by atoms with van der Waals surface area (Å²) in [6.45, 7) is 2.44. The highest BCUT2D eigenvalue weighted by molar-refractivity contribution is 7.89. The van der Waals surface area contributed by atoms with E-state index in [1.807, 2.05) is 72.2 Å². The van der Waals surface area contributed by atoms with E-state index >= 15 is 0 Å². The van der Waals surface area contributed by atoms with E-state index in [0.29, 0.717) is 17.6 Å². The number of hydrogen-bond donors (Lipinski definition) is 1. The fraction of sp³-hybridized carbons (Fsp3) is 0.192. The van der Waals surface area contributed by atoms with E-state index in [-0.39, 0.29) is 16.8 Å². The van der Waals surface area contributed by atoms with Crippen molar-refractivity contribution in [1.82, 2.24) is 14.2 Å². The summed E-state index contributed by atoms with van der Waals surface area (Å²) in [5.74, 6) is -0.212. The van der Waals surface area contributed by atoms with Gasteiger partial charge in [0.15, 0.2) is 0 Å². The molecule has 1 aromatic heterocycles. The molecule has 0 saturated heterocycles. The standard InChI is InChI=1S/C26H27N3O3S/c1-19(21-12-8-5-9-13-21)27-26(30)25-17-22-16-23(33(31,32)28(2)3)14-15-24(22)29(25)18-20-10-6-4-7-11-20/h4-17,19H,18H2,1-3H3,(H,27,30)/t19-/m0/s1. The van der Waals surface area contributed by atoms with E-state index in [2.05, 4.69) is 5.32 Å². The molecule has 1 atom stereocenters. The second-order valence-electron chi connectivity index (χ2n) is 8.22. The van der Waals surface area contributed by atoms with Crippen LogP contribution in [0.5, 0.6) is 0 Å². The van der Waals surface area contributed by atoms with E-state index in [0.717, 1.165) is 16.6 Å². The number of benzene rings is 3. The zero-order valence-corrected chi connectivity index (χ0v) is 19.7. The maximum Gasteiger partial charge on any atom is 0.268 e. The molecular weight excluding hydrogens is 434 g/mol. The minimum absolute atomic E-state index is 0.174. The number of nitrogens with zero attached hydrogens (tertiary/aromatic N) is 2. The Bertz CT molecular complexity index is 1380. The lowest BCUT2D eigenvalue weighted by atomic mass is 10.1. The number of rotatable bonds is 7. The van der Waals surface area contributed by atoms with Gasteiger partial charge in [-0.2, -0.15) is 0 Å². The van der Waals surface area contributed by atoms with Crippen LogP contribution in [0.2, 0.25) is 0 Å². The van der Waals surface area contributed by atoms with Gasteiger partial charge in [0.2, 0.25) is 10.0 Å². The average Bonchev–Trinajstić information content (AvgIpc) is 3.18. The largest absolute Gasteiger partial charge is 0.344 e. The van der Waals surface area contributed by atoms with Gasteiger partial charge in [0, 0.05) is 31.5 Å². The predicted molar refractivity (Wildman–Crippen MR) is 131 cm³/mol. The van der Waals surface area contributed by atoms with Gasteiger partial charge in [0.1, 0.15) is 5.69 Å². The maximum atomic E-state index is 13.3. The molecule has 0 aliphatic heterocycles. The number of hydrogen-bond acceptors (Lipinski definition) is 3. The van der Waals surface area contributed by atoms with Crippen LogP contribution >= 0.6 is 0 Å². The van der Waals surface area contributed by atoms with Gasteiger partial charge in [0.25, 0.3) is 5.91 Å². The maximum absolute atomic E-state index is 13.3. The summed E-state index contributed by atoms with van der Waals surface area (Å²) >= 11 is 0. The van der Waals surface area contributed by atoms with E-state index in [1.165, 1.54) is 18.4 Å². The Balaban J connectivity index is 1.77. The van der Waals surface area contributed by atoms with Crippen molar-refractivity contribution in [3.05, 3.63) is 102 Å². The smallest absolute Gasteiger partial charge is 0.268 e. The molecule has 7 heteroatoms. The molecule has 170 valence electrons. The summed E-state index contributed by atoms with van der Waals surface area (Å²) in [7, 11) is -0.575. The third-order valence-electron chi connectivity index (χ3n) is 5.71. The first-order valence-corrected chi connectivity index (χ1v) is 12.2. The van der Waals surface area contributed by atoms with Gasteiger partial charge in [-0.25, -0.2) is 12.7 Å². The highest BCUT2D eigenvalue weighted by atomic mass is 32.2. The molecular formula is C26H27N3O3S. The Kier molecular flexibility index (Phi) is 6.35. The second kappa shape index (κ2) is 9.21. The van der Waals surface area contributed by atoms with Gasteiger partial charge >= 0.3 is 0 Å². The summed E-state index contributed by atoms with van der Waals surface area (Å²) in [4.78, 5) is 13.5. The van der Waals surface area contributed by atoms with Gasteiger partial charge in [-0.05, 0) is 42.3 Å². The molecule has 0 unspecified atom stereocenters. The Labute approximate surface area is 194 Å². The molecule has 3 aromatic carbocycles. The highest BCUT2D eigenvalue weighted by Crippen LogP contribution is 2.26. The van der Waals surface area contributed by atoms with Gasteiger partial charge in [-0.3, -0.25) is 4.79 Å². The Morgan fingerprint density at radius 3 is 2.21 bits per heavy atom. The number of carbonyl (C=O) groups is 1. The molecule has 1 amide bonds. The molecule has 0 aliphatic rings. The molecule has 0 spiro atoms. The number of fused-ring (bicyclic) bond motifs is 1. The van der Waals surface area contributed by atoms with Crippen LogP contribution in [0.15, 0.2) is 89.8 Å². The number of carbonyl (C=O) groups excluding carboxylic acids is 1. The van der Waals surface area contributed by atoms with Crippen molar-refractivity contribution in [2.75, 3.05) is 14.1 Å². The van der Waals surface area contributed by atoms with E-state index in [9.17, 15) is 13.2 Å². The fourth-order valence-corrected chi connectivity index (χ4v) is 4.78. The number of nitrogens with one attached hydrogen (secondary N) is 1. The summed E-state index contributed by atoms with van der Waals surface area (Å²) in [6.07, 6.45) is 0. The van der Waals surface area contributed by atoms with Crippen molar-refractivity contribution < 1.29 is 13.2 Å². The topological polar surface area (TPSA) is 71.4 Å². The molecule has 0 saturated carbocycles. The molecule has 4 aromatic rings. The highest BCUT2D eigenvalue weighted by Gasteiger charge is 2.22. The van der Waals surface area contributed by atoms with Crippen LogP contribution in [0.3, 0.4) is 0 Å². The van der Waals surface area contributed by atoms with Crippen LogP contribution in [-0.4, -0.2) is 37.3 Å². The van der Waals surface area contributed by atoms with Crippen LogP contribution in [0.25, 0.3) is 10.9 Å². The molecule has 0 fully saturated rings. The molecule has 1 N–H and O–H groups in total. The summed E-state index contributed by atoms with van der Waals surface area (Å²) in [5.41, 5.74) is 3.34. The Hall–Kier alpha value is -3.42. The van der Waals surface area contributed by atoms with Crippen LogP contribution in [0, 0.1) is 0 Å².